The molecule has 0 saturated carbocycles. The summed E-state index contributed by atoms with van der Waals surface area (Å²) in [5.74, 6) is 3.39. The molecule has 210 valence electrons. The number of benzene rings is 6. The molecule has 0 amide bonds. The van der Waals surface area contributed by atoms with Crippen LogP contribution in [0.15, 0.2) is 146 Å². The number of nitrogens with zero attached hydrogens (tertiary/aromatic N) is 4. The number of hydrogen-bond acceptors (Lipinski definition) is 4. The Labute approximate surface area is 259 Å². The molecule has 0 saturated heterocycles. The third kappa shape index (κ3) is 3.49. The number of fused-ring (bicyclic) bond motifs is 9. The van der Waals surface area contributed by atoms with Gasteiger partial charge in [0.2, 0.25) is 0 Å². The van der Waals surface area contributed by atoms with E-state index in [9.17, 15) is 0 Å². The lowest BCUT2D eigenvalue weighted by Crippen LogP contribution is -2.12. The summed E-state index contributed by atoms with van der Waals surface area (Å²) in [4.78, 5) is 12.5. The Morgan fingerprint density at radius 3 is 2.09 bits per heavy atom. The molecule has 10 rings (SSSR count). The molecule has 2 aliphatic heterocycles. The van der Waals surface area contributed by atoms with Crippen LogP contribution < -0.4 is 9.64 Å². The average Bonchev–Trinajstić information content (AvgIpc) is 3.42. The molecule has 0 bridgehead atoms. The highest BCUT2D eigenvalue weighted by Gasteiger charge is 2.28. The number of ether oxygens (including phenoxy) is 1. The van der Waals surface area contributed by atoms with Gasteiger partial charge in [-0.15, -0.1) is 0 Å². The minimum Gasteiger partial charge on any atom is -0.456 e. The standard InChI is InChI=1S/C40H24N4O/c1-5-15-32-26(10-1)24-37-43(33-16-6-2-11-28(33)29-12-3-7-17-34(29)44(32)37)27-22-20-25(21-23-27)40-41-31-14-9-19-36-38(31)39(42-40)30-13-4-8-18-35(30)45-36/h1-24H. The van der Waals surface area contributed by atoms with Gasteiger partial charge in [0.1, 0.15) is 17.3 Å². The number of anilines is 3. The maximum absolute atomic E-state index is 6.20. The second-order valence-corrected chi connectivity index (χ2v) is 11.5. The van der Waals surface area contributed by atoms with Gasteiger partial charge in [0.25, 0.3) is 0 Å². The second kappa shape index (κ2) is 9.15. The van der Waals surface area contributed by atoms with Gasteiger partial charge < -0.3 is 4.74 Å². The Morgan fingerprint density at radius 2 is 1.22 bits per heavy atom. The molecule has 6 aromatic carbocycles. The van der Waals surface area contributed by atoms with Crippen molar-refractivity contribution in [1.29, 1.82) is 0 Å². The molecule has 0 fully saturated rings. The van der Waals surface area contributed by atoms with E-state index in [0.717, 1.165) is 56.4 Å². The normalized spacial score (nSPS) is 12.6. The lowest BCUT2D eigenvalue weighted by atomic mass is 10.0. The van der Waals surface area contributed by atoms with Gasteiger partial charge >= 0.3 is 0 Å². The van der Waals surface area contributed by atoms with Gasteiger partial charge in [0.05, 0.1) is 33.5 Å². The topological polar surface area (TPSA) is 43.2 Å². The van der Waals surface area contributed by atoms with Crippen molar-refractivity contribution < 1.29 is 4.74 Å². The van der Waals surface area contributed by atoms with Crippen molar-refractivity contribution in [2.75, 3.05) is 4.90 Å². The minimum absolute atomic E-state index is 0.690. The molecule has 0 aliphatic carbocycles. The number of hydrogen-bond donors (Lipinski definition) is 0. The number of rotatable bonds is 2. The van der Waals surface area contributed by atoms with E-state index >= 15 is 0 Å². The van der Waals surface area contributed by atoms with Crippen LogP contribution in [-0.2, 0) is 0 Å². The van der Waals surface area contributed by atoms with Crippen molar-refractivity contribution in [2.45, 2.75) is 0 Å². The van der Waals surface area contributed by atoms with Crippen molar-refractivity contribution >= 4 is 39.0 Å². The van der Waals surface area contributed by atoms with E-state index in [-0.39, 0.29) is 0 Å². The minimum atomic E-state index is 0.690. The van der Waals surface area contributed by atoms with Crippen LogP contribution in [0.1, 0.15) is 0 Å². The molecule has 0 radical (unpaired) electrons. The van der Waals surface area contributed by atoms with Gasteiger partial charge in [0, 0.05) is 33.3 Å². The molecule has 4 heterocycles. The largest absolute Gasteiger partial charge is 0.456 e. The average molecular weight is 577 g/mol. The zero-order valence-corrected chi connectivity index (χ0v) is 24.1. The first-order valence-corrected chi connectivity index (χ1v) is 15.1. The van der Waals surface area contributed by atoms with Gasteiger partial charge in [-0.3, -0.25) is 9.47 Å². The Kier molecular flexibility index (Phi) is 4.93. The fraction of sp³-hybridized carbons (Fsp3) is 0. The van der Waals surface area contributed by atoms with E-state index in [0.29, 0.717) is 5.82 Å². The summed E-state index contributed by atoms with van der Waals surface area (Å²) in [5, 5.41) is 2.15. The van der Waals surface area contributed by atoms with Crippen LogP contribution in [-0.4, -0.2) is 14.5 Å². The van der Waals surface area contributed by atoms with E-state index < -0.39 is 0 Å². The van der Waals surface area contributed by atoms with Crippen LogP contribution >= 0.6 is 0 Å². The molecule has 0 atom stereocenters. The molecular weight excluding hydrogens is 552 g/mol. The van der Waals surface area contributed by atoms with Gasteiger partial charge in [-0.1, -0.05) is 72.8 Å². The first-order chi connectivity index (χ1) is 22.3. The first-order valence-electron chi connectivity index (χ1n) is 15.1. The molecule has 2 aromatic heterocycles. The summed E-state index contributed by atoms with van der Waals surface area (Å²) in [6.07, 6.45) is 0. The fourth-order valence-electron chi connectivity index (χ4n) is 6.94. The van der Waals surface area contributed by atoms with E-state index in [1.165, 1.54) is 27.7 Å². The van der Waals surface area contributed by atoms with Gasteiger partial charge in [-0.05, 0) is 72.8 Å². The monoisotopic (exact) mass is 576 g/mol. The Hall–Kier alpha value is -6.20. The van der Waals surface area contributed by atoms with Crippen LogP contribution in [0.25, 0.3) is 61.3 Å². The van der Waals surface area contributed by atoms with Crippen LogP contribution in [0.3, 0.4) is 0 Å². The molecule has 5 heteroatoms. The maximum Gasteiger partial charge on any atom is 0.160 e. The van der Waals surface area contributed by atoms with E-state index in [1.54, 1.807) is 0 Å². The summed E-state index contributed by atoms with van der Waals surface area (Å²) in [6, 6.07) is 50.9. The highest BCUT2D eigenvalue weighted by atomic mass is 16.5. The smallest absolute Gasteiger partial charge is 0.160 e. The van der Waals surface area contributed by atoms with Crippen molar-refractivity contribution in [3.05, 3.63) is 146 Å². The number of para-hydroxylation sites is 4. The molecule has 0 unspecified atom stereocenters. The van der Waals surface area contributed by atoms with Crippen LogP contribution in [0, 0.1) is 0 Å². The highest BCUT2D eigenvalue weighted by Crippen LogP contribution is 2.49. The Balaban J connectivity index is 1.16. The third-order valence-corrected chi connectivity index (χ3v) is 8.93. The molecule has 0 N–H and O–H groups in total. The lowest BCUT2D eigenvalue weighted by molar-refractivity contribution is 0.486. The molecule has 8 aromatic rings. The fourth-order valence-corrected chi connectivity index (χ4v) is 6.94. The first kappa shape index (κ1) is 24.3. The van der Waals surface area contributed by atoms with Crippen molar-refractivity contribution in [3.63, 3.8) is 0 Å². The zero-order chi connectivity index (χ0) is 29.5. The second-order valence-electron chi connectivity index (χ2n) is 11.5. The maximum atomic E-state index is 6.20. The van der Waals surface area contributed by atoms with Gasteiger partial charge in [-0.25, -0.2) is 9.97 Å². The highest BCUT2D eigenvalue weighted by molar-refractivity contribution is 6.02. The molecule has 45 heavy (non-hydrogen) atoms. The summed E-state index contributed by atoms with van der Waals surface area (Å²) in [6.45, 7) is 0. The molecule has 5 nitrogen and oxygen atoms in total. The van der Waals surface area contributed by atoms with Crippen LogP contribution in [0.4, 0.5) is 17.2 Å². The van der Waals surface area contributed by atoms with E-state index in [1.807, 2.05) is 36.4 Å². The summed E-state index contributed by atoms with van der Waals surface area (Å²) in [7, 11) is 0. The zero-order valence-electron chi connectivity index (χ0n) is 24.1. The summed E-state index contributed by atoms with van der Waals surface area (Å²) >= 11 is 0. The quantitative estimate of drug-likeness (QED) is 0.205. The lowest BCUT2D eigenvalue weighted by Gasteiger charge is -2.26. The van der Waals surface area contributed by atoms with Crippen LogP contribution in [0.2, 0.25) is 0 Å². The molecular formula is C40H24N4O. The molecule has 2 aliphatic rings. The van der Waals surface area contributed by atoms with Gasteiger partial charge in [0.15, 0.2) is 5.82 Å². The van der Waals surface area contributed by atoms with Crippen molar-refractivity contribution in [3.8, 4) is 51.0 Å². The predicted molar refractivity (Wildman–Crippen MR) is 181 cm³/mol. The van der Waals surface area contributed by atoms with Crippen LogP contribution in [0.5, 0.6) is 11.5 Å². The van der Waals surface area contributed by atoms with Gasteiger partial charge in [-0.2, -0.15) is 0 Å². The number of aromatic nitrogens is 3. The Morgan fingerprint density at radius 1 is 0.533 bits per heavy atom. The van der Waals surface area contributed by atoms with E-state index in [2.05, 4.69) is 119 Å². The summed E-state index contributed by atoms with van der Waals surface area (Å²) in [5.41, 5.74) is 10.7. The third-order valence-electron chi connectivity index (χ3n) is 8.93. The van der Waals surface area contributed by atoms with Crippen molar-refractivity contribution in [1.82, 2.24) is 14.5 Å². The predicted octanol–water partition coefficient (Wildman–Crippen LogP) is 10.5. The SMILES string of the molecule is c1ccc2c(c1)Oc1cccc3nc(-c4ccc(N5c6ccccc6-c6ccccc6-n6c5cc5ccccc56)cc4)nc-2c13. The van der Waals surface area contributed by atoms with Crippen molar-refractivity contribution in [2.24, 2.45) is 0 Å². The Bertz CT molecular complexity index is 2480. The summed E-state index contributed by atoms with van der Waals surface area (Å²) < 4.78 is 8.59. The van der Waals surface area contributed by atoms with E-state index in [4.69, 9.17) is 14.7 Å². The molecule has 0 spiro atoms.